The molecule has 5 heteroatoms. The zero-order chi connectivity index (χ0) is 31.2. The van der Waals surface area contributed by atoms with Crippen molar-refractivity contribution in [3.8, 4) is 45.2 Å². The van der Waals surface area contributed by atoms with Gasteiger partial charge in [-0.25, -0.2) is 4.98 Å². The van der Waals surface area contributed by atoms with Crippen molar-refractivity contribution in [3.63, 3.8) is 0 Å². The largest absolute Gasteiger partial charge is 0.507 e. The number of aromatic hydroxyl groups is 1. The summed E-state index contributed by atoms with van der Waals surface area (Å²) in [4.78, 5) is 10.0. The maximum absolute atomic E-state index is 11.7. The standard InChI is InChI=1S/C40H40N3O.Pt/c1-25(2)22-28-20-21-41-34(23-28)30-15-9-14-29(24-30)31-16-11-19-35-36(31)42-39(43(35)37-26(3)12-8-13-27(37)4)32-17-10-18-33(38(32)44)40(5,6)7;/h8-21,23,25,44H,22H2,1-7H3;/q-1;. The van der Waals surface area contributed by atoms with Crippen LogP contribution in [0.5, 0.6) is 5.75 Å². The average Bonchev–Trinajstić information content (AvgIpc) is 3.35. The summed E-state index contributed by atoms with van der Waals surface area (Å²) in [5, 5.41) is 11.7. The summed E-state index contributed by atoms with van der Waals surface area (Å²) in [6, 6.07) is 32.8. The summed E-state index contributed by atoms with van der Waals surface area (Å²) in [5.41, 5.74) is 11.7. The van der Waals surface area contributed by atoms with Crippen molar-refractivity contribution in [2.45, 2.75) is 60.3 Å². The fraction of sp³-hybridized carbons (Fsp3) is 0.250. The molecule has 0 fully saturated rings. The van der Waals surface area contributed by atoms with E-state index in [9.17, 15) is 5.11 Å². The van der Waals surface area contributed by atoms with Gasteiger partial charge in [-0.15, -0.1) is 29.8 Å². The Balaban J connectivity index is 0.00000400. The predicted octanol–water partition coefficient (Wildman–Crippen LogP) is 10.0. The van der Waals surface area contributed by atoms with Crippen molar-refractivity contribution in [3.05, 3.63) is 119 Å². The Morgan fingerprint density at radius 2 is 1.47 bits per heavy atom. The Morgan fingerprint density at radius 1 is 0.822 bits per heavy atom. The molecule has 0 bridgehead atoms. The molecular weight excluding hydrogens is 734 g/mol. The van der Waals surface area contributed by atoms with Crippen LogP contribution in [-0.4, -0.2) is 19.6 Å². The van der Waals surface area contributed by atoms with Crippen molar-refractivity contribution in [1.29, 1.82) is 0 Å². The average molecular weight is 774 g/mol. The first-order valence-electron chi connectivity index (χ1n) is 15.4. The van der Waals surface area contributed by atoms with E-state index in [1.807, 2.05) is 24.4 Å². The molecule has 4 nitrogen and oxygen atoms in total. The van der Waals surface area contributed by atoms with Crippen LogP contribution in [0.2, 0.25) is 0 Å². The van der Waals surface area contributed by atoms with Crippen molar-refractivity contribution in [2.75, 3.05) is 0 Å². The number of rotatable bonds is 6. The van der Waals surface area contributed by atoms with Crippen LogP contribution in [-0.2, 0) is 32.9 Å². The number of nitrogens with zero attached hydrogens (tertiary/aromatic N) is 3. The topological polar surface area (TPSA) is 50.9 Å². The van der Waals surface area contributed by atoms with Gasteiger partial charge in [0.1, 0.15) is 11.6 Å². The second-order valence-corrected chi connectivity index (χ2v) is 13.3. The van der Waals surface area contributed by atoms with Crippen LogP contribution in [0.15, 0.2) is 91.1 Å². The SMILES string of the molecule is Cc1cccc(C)c1-n1c(-c2cccc(C(C)(C)C)c2O)nc2c(-c3[c-]c(-c4cc(CC(C)C)ccn4)ccc3)cccc21.[Pt]. The van der Waals surface area contributed by atoms with Gasteiger partial charge in [0.25, 0.3) is 0 Å². The van der Waals surface area contributed by atoms with E-state index < -0.39 is 0 Å². The van der Waals surface area contributed by atoms with Crippen molar-refractivity contribution in [1.82, 2.24) is 14.5 Å². The second-order valence-electron chi connectivity index (χ2n) is 13.3. The van der Waals surface area contributed by atoms with E-state index in [2.05, 4.69) is 131 Å². The van der Waals surface area contributed by atoms with Gasteiger partial charge >= 0.3 is 0 Å². The third-order valence-electron chi connectivity index (χ3n) is 8.26. The van der Waals surface area contributed by atoms with Gasteiger partial charge in [0.05, 0.1) is 22.3 Å². The zero-order valence-corrected chi connectivity index (χ0v) is 29.3. The molecule has 0 aliphatic heterocycles. The van der Waals surface area contributed by atoms with Crippen LogP contribution < -0.4 is 0 Å². The van der Waals surface area contributed by atoms with Crippen LogP contribution in [0.3, 0.4) is 0 Å². The minimum Gasteiger partial charge on any atom is -0.507 e. The Morgan fingerprint density at radius 3 is 2.18 bits per heavy atom. The smallest absolute Gasteiger partial charge is 0.148 e. The monoisotopic (exact) mass is 773 g/mol. The summed E-state index contributed by atoms with van der Waals surface area (Å²) < 4.78 is 2.21. The molecule has 0 aliphatic carbocycles. The van der Waals surface area contributed by atoms with E-state index >= 15 is 0 Å². The van der Waals surface area contributed by atoms with Crippen LogP contribution in [0, 0.1) is 25.8 Å². The first-order valence-corrected chi connectivity index (χ1v) is 15.4. The number of imidazole rings is 1. The third-order valence-corrected chi connectivity index (χ3v) is 8.26. The van der Waals surface area contributed by atoms with Gasteiger partial charge in [-0.1, -0.05) is 99.8 Å². The Labute approximate surface area is 281 Å². The molecule has 0 saturated carbocycles. The number of para-hydroxylation sites is 3. The molecule has 2 heterocycles. The van der Waals surface area contributed by atoms with Gasteiger partial charge in [-0.3, -0.25) is 9.55 Å². The first-order chi connectivity index (χ1) is 21.0. The summed E-state index contributed by atoms with van der Waals surface area (Å²) in [5.74, 6) is 1.56. The number of phenols is 1. The van der Waals surface area contributed by atoms with Crippen LogP contribution in [0.4, 0.5) is 0 Å². The minimum absolute atomic E-state index is 0. The third kappa shape index (κ3) is 6.26. The number of hydrogen-bond acceptors (Lipinski definition) is 3. The molecule has 0 atom stereocenters. The summed E-state index contributed by atoms with van der Waals surface area (Å²) in [6.45, 7) is 15.1. The number of fused-ring (bicyclic) bond motifs is 1. The van der Waals surface area contributed by atoms with E-state index in [-0.39, 0.29) is 32.2 Å². The number of aromatic nitrogens is 3. The minimum atomic E-state index is -0.226. The van der Waals surface area contributed by atoms with Gasteiger partial charge in [0, 0.05) is 33.0 Å². The maximum Gasteiger partial charge on any atom is 0.148 e. The molecule has 45 heavy (non-hydrogen) atoms. The maximum atomic E-state index is 11.7. The molecule has 4 aromatic carbocycles. The number of benzene rings is 4. The van der Waals surface area contributed by atoms with Crippen LogP contribution in [0.1, 0.15) is 56.9 Å². The molecule has 0 spiro atoms. The van der Waals surface area contributed by atoms with Crippen LogP contribution >= 0.6 is 0 Å². The van der Waals surface area contributed by atoms with E-state index in [1.54, 1.807) is 0 Å². The number of hydrogen-bond donors (Lipinski definition) is 1. The molecule has 232 valence electrons. The molecular formula is C40H40N3OPt-. The van der Waals surface area contributed by atoms with Gasteiger partial charge in [0.15, 0.2) is 0 Å². The zero-order valence-electron chi connectivity index (χ0n) is 27.0. The molecule has 0 amide bonds. The Kier molecular flexibility index (Phi) is 9.19. The molecule has 0 unspecified atom stereocenters. The first kappa shape index (κ1) is 32.4. The van der Waals surface area contributed by atoms with Gasteiger partial charge in [-0.2, -0.15) is 0 Å². The quantitative estimate of drug-likeness (QED) is 0.172. The predicted molar refractivity (Wildman–Crippen MR) is 182 cm³/mol. The number of phenolic OH excluding ortho intramolecular Hbond substituents is 1. The molecule has 6 rings (SSSR count). The number of pyridine rings is 1. The second kappa shape index (κ2) is 12.8. The molecule has 0 radical (unpaired) electrons. The molecule has 2 aromatic heterocycles. The fourth-order valence-electron chi connectivity index (χ4n) is 6.21. The summed E-state index contributed by atoms with van der Waals surface area (Å²) in [7, 11) is 0. The fourth-order valence-corrected chi connectivity index (χ4v) is 6.21. The summed E-state index contributed by atoms with van der Waals surface area (Å²) in [6.07, 6.45) is 2.90. The van der Waals surface area contributed by atoms with Crippen molar-refractivity contribution >= 4 is 11.0 Å². The molecule has 6 aromatic rings. The van der Waals surface area contributed by atoms with Crippen molar-refractivity contribution in [2.24, 2.45) is 5.92 Å². The Bertz CT molecular complexity index is 1980. The molecule has 0 aliphatic rings. The van der Waals surface area contributed by atoms with Gasteiger partial charge < -0.3 is 5.11 Å². The number of aryl methyl sites for hydroxylation is 2. The van der Waals surface area contributed by atoms with Gasteiger partial charge in [0.2, 0.25) is 0 Å². The van der Waals surface area contributed by atoms with Crippen LogP contribution in [0.25, 0.3) is 50.5 Å². The van der Waals surface area contributed by atoms with E-state index in [0.29, 0.717) is 17.3 Å². The molecule has 1 N–H and O–H groups in total. The molecule has 0 saturated heterocycles. The van der Waals surface area contributed by atoms with Crippen molar-refractivity contribution < 1.29 is 26.2 Å². The van der Waals surface area contributed by atoms with E-state index in [0.717, 1.165) is 62.2 Å². The normalized spacial score (nSPS) is 11.6. The summed E-state index contributed by atoms with van der Waals surface area (Å²) >= 11 is 0. The van der Waals surface area contributed by atoms with E-state index in [4.69, 9.17) is 4.98 Å². The van der Waals surface area contributed by atoms with Gasteiger partial charge in [-0.05, 0) is 66.5 Å². The van der Waals surface area contributed by atoms with E-state index in [1.165, 1.54) is 5.56 Å². The Hall–Kier alpha value is -4.01.